The zero-order valence-electron chi connectivity index (χ0n) is 7.51. The lowest BCUT2D eigenvalue weighted by molar-refractivity contribution is 0.256. The van der Waals surface area contributed by atoms with E-state index in [1.807, 2.05) is 0 Å². The molecule has 0 radical (unpaired) electrons. The van der Waals surface area contributed by atoms with Crippen LogP contribution < -0.4 is 10.6 Å². The van der Waals surface area contributed by atoms with Gasteiger partial charge in [-0.15, -0.1) is 0 Å². The van der Waals surface area contributed by atoms with Gasteiger partial charge in [-0.1, -0.05) is 0 Å². The number of nitrogens with zero attached hydrogens (tertiary/aromatic N) is 3. The number of phenolic OH excluding ortho intramolecular Hbond substituents is 1. The Balaban J connectivity index is 2.55. The smallest absolute Gasteiger partial charge is 0.367 e. The zero-order valence-corrected chi connectivity index (χ0v) is 7.51. The summed E-state index contributed by atoms with van der Waals surface area (Å²) in [6.45, 7) is 0. The molecule has 0 bridgehead atoms. The van der Waals surface area contributed by atoms with E-state index in [1.54, 1.807) is 12.3 Å². The van der Waals surface area contributed by atoms with E-state index in [1.165, 1.54) is 12.3 Å². The van der Waals surface area contributed by atoms with Crippen LogP contribution in [0.1, 0.15) is 5.56 Å². The number of aromatic hydroxyl groups is 1. The first-order chi connectivity index (χ1) is 7.25. The number of amides is 2. The number of urea groups is 1. The summed E-state index contributed by atoms with van der Waals surface area (Å²) < 4.78 is 0. The van der Waals surface area contributed by atoms with E-state index in [2.05, 4.69) is 15.0 Å². The van der Waals surface area contributed by atoms with Crippen molar-refractivity contribution in [2.75, 3.05) is 0 Å². The standard InChI is InChI=1S/C10H5N3O2/c14-8-3-7-5(1-2-11-7)9-6(8)4-12-10(15)13-9/h1-4,14H. The number of aliphatic imine (C=N–C) groups is 2. The Morgan fingerprint density at radius 3 is 3.00 bits per heavy atom. The van der Waals surface area contributed by atoms with E-state index in [9.17, 15) is 9.90 Å². The molecule has 15 heavy (non-hydrogen) atoms. The number of hydrogen-bond donors (Lipinski definition) is 1. The summed E-state index contributed by atoms with van der Waals surface area (Å²) in [5.41, 5.74) is 1.09. The first-order valence-corrected chi connectivity index (χ1v) is 4.33. The summed E-state index contributed by atoms with van der Waals surface area (Å²) in [6.07, 6.45) is 4.69. The van der Waals surface area contributed by atoms with Crippen LogP contribution in [-0.2, 0) is 0 Å². The second-order valence-corrected chi connectivity index (χ2v) is 3.19. The average molecular weight is 199 g/mol. The van der Waals surface area contributed by atoms with Gasteiger partial charge in [0.15, 0.2) is 0 Å². The molecular weight excluding hydrogens is 194 g/mol. The Labute approximate surface area is 83.8 Å². The Hall–Kier alpha value is -2.30. The van der Waals surface area contributed by atoms with Crippen molar-refractivity contribution in [1.29, 1.82) is 0 Å². The van der Waals surface area contributed by atoms with Crippen LogP contribution in [0.3, 0.4) is 0 Å². The lowest BCUT2D eigenvalue weighted by Crippen LogP contribution is -2.31. The summed E-state index contributed by atoms with van der Waals surface area (Å²) >= 11 is 0. The highest BCUT2D eigenvalue weighted by Gasteiger charge is 2.14. The Morgan fingerprint density at radius 1 is 1.27 bits per heavy atom. The summed E-state index contributed by atoms with van der Waals surface area (Å²) in [5.74, 6) is 0.0381. The molecule has 0 atom stereocenters. The molecule has 0 saturated heterocycles. The third-order valence-corrected chi connectivity index (χ3v) is 2.30. The highest BCUT2D eigenvalue weighted by atomic mass is 16.3. The van der Waals surface area contributed by atoms with Crippen molar-refractivity contribution in [3.05, 3.63) is 22.2 Å². The van der Waals surface area contributed by atoms with Crippen molar-refractivity contribution < 1.29 is 9.90 Å². The van der Waals surface area contributed by atoms with Crippen molar-refractivity contribution >= 4 is 30.2 Å². The van der Waals surface area contributed by atoms with Crippen molar-refractivity contribution in [2.24, 2.45) is 15.0 Å². The molecule has 2 amide bonds. The summed E-state index contributed by atoms with van der Waals surface area (Å²) in [5, 5.41) is 10.9. The fraction of sp³-hybridized carbons (Fsp3) is 0. The molecule has 2 aliphatic heterocycles. The van der Waals surface area contributed by atoms with Gasteiger partial charge in [-0.25, -0.2) is 4.79 Å². The minimum Gasteiger partial charge on any atom is -0.507 e. The van der Waals surface area contributed by atoms with E-state index >= 15 is 0 Å². The van der Waals surface area contributed by atoms with Gasteiger partial charge in [-0.3, -0.25) is 4.99 Å². The first-order valence-electron chi connectivity index (χ1n) is 4.33. The molecule has 5 nitrogen and oxygen atoms in total. The normalized spacial score (nSPS) is 15.6. The average Bonchev–Trinajstić information content (AvgIpc) is 2.65. The van der Waals surface area contributed by atoms with E-state index in [-0.39, 0.29) is 5.75 Å². The molecule has 2 heterocycles. The lowest BCUT2D eigenvalue weighted by atomic mass is 10.1. The Kier molecular flexibility index (Phi) is 1.39. The lowest BCUT2D eigenvalue weighted by Gasteiger charge is -2.04. The monoisotopic (exact) mass is 199 g/mol. The van der Waals surface area contributed by atoms with Crippen LogP contribution in [0.25, 0.3) is 6.08 Å². The van der Waals surface area contributed by atoms with Gasteiger partial charge in [0, 0.05) is 23.7 Å². The van der Waals surface area contributed by atoms with Crippen LogP contribution in [0.15, 0.2) is 21.0 Å². The van der Waals surface area contributed by atoms with Gasteiger partial charge in [-0.2, -0.15) is 9.98 Å². The number of carbonyl (C=O) groups is 1. The fourth-order valence-corrected chi connectivity index (χ4v) is 1.63. The molecule has 0 aliphatic carbocycles. The second-order valence-electron chi connectivity index (χ2n) is 3.19. The maximum Gasteiger partial charge on any atom is 0.367 e. The van der Waals surface area contributed by atoms with Crippen LogP contribution in [0.2, 0.25) is 0 Å². The number of phenols is 1. The molecule has 72 valence electrons. The predicted octanol–water partition coefficient (Wildman–Crippen LogP) is 0.0607. The molecule has 1 N–H and O–H groups in total. The SMILES string of the molecule is O=C1N=Cc2c(O)cc3c(c2=N1)=CC=N3. The second kappa shape index (κ2) is 2.60. The number of rotatable bonds is 0. The molecule has 0 aromatic heterocycles. The minimum atomic E-state index is -0.560. The Morgan fingerprint density at radius 2 is 2.13 bits per heavy atom. The summed E-state index contributed by atoms with van der Waals surface area (Å²) in [4.78, 5) is 22.4. The Bertz CT molecular complexity index is 656. The first kappa shape index (κ1) is 8.05. The molecule has 0 fully saturated rings. The van der Waals surface area contributed by atoms with E-state index in [4.69, 9.17) is 0 Å². The third-order valence-electron chi connectivity index (χ3n) is 2.30. The maximum atomic E-state index is 11.0. The van der Waals surface area contributed by atoms with Crippen molar-refractivity contribution in [1.82, 2.24) is 0 Å². The zero-order chi connectivity index (χ0) is 10.4. The van der Waals surface area contributed by atoms with Gasteiger partial charge in [0.1, 0.15) is 5.75 Å². The van der Waals surface area contributed by atoms with Gasteiger partial charge in [-0.05, 0) is 6.08 Å². The van der Waals surface area contributed by atoms with Gasteiger partial charge >= 0.3 is 6.03 Å². The van der Waals surface area contributed by atoms with Crippen LogP contribution in [0.5, 0.6) is 5.75 Å². The van der Waals surface area contributed by atoms with Crippen molar-refractivity contribution in [3.8, 4) is 5.75 Å². The highest BCUT2D eigenvalue weighted by Crippen LogP contribution is 2.18. The fourth-order valence-electron chi connectivity index (χ4n) is 1.63. The van der Waals surface area contributed by atoms with Gasteiger partial charge < -0.3 is 5.11 Å². The summed E-state index contributed by atoms with van der Waals surface area (Å²) in [7, 11) is 0. The molecule has 5 heteroatoms. The summed E-state index contributed by atoms with van der Waals surface area (Å²) in [6, 6.07) is 0.974. The third kappa shape index (κ3) is 1.03. The number of hydrogen-bond acceptors (Lipinski definition) is 3. The van der Waals surface area contributed by atoms with E-state index in [0.717, 1.165) is 5.22 Å². The topological polar surface area (TPSA) is 74.4 Å². The maximum absolute atomic E-state index is 11.0. The molecule has 1 aromatic rings. The van der Waals surface area contributed by atoms with Crippen molar-refractivity contribution in [3.63, 3.8) is 0 Å². The molecule has 0 saturated carbocycles. The van der Waals surface area contributed by atoms with Crippen LogP contribution in [0, 0.1) is 0 Å². The molecule has 3 rings (SSSR count). The molecule has 1 aromatic carbocycles. The van der Waals surface area contributed by atoms with Crippen LogP contribution in [-0.4, -0.2) is 23.6 Å². The molecule has 0 spiro atoms. The van der Waals surface area contributed by atoms with Crippen LogP contribution >= 0.6 is 0 Å². The molecule has 2 aliphatic rings. The largest absolute Gasteiger partial charge is 0.507 e. The molecular formula is C10H5N3O2. The number of fused-ring (bicyclic) bond motifs is 3. The quantitative estimate of drug-likeness (QED) is 0.641. The van der Waals surface area contributed by atoms with Gasteiger partial charge in [0.05, 0.1) is 16.6 Å². The predicted molar refractivity (Wildman–Crippen MR) is 54.5 cm³/mol. The molecule has 0 unspecified atom stereocenters. The van der Waals surface area contributed by atoms with E-state index in [0.29, 0.717) is 16.6 Å². The van der Waals surface area contributed by atoms with Crippen LogP contribution in [0.4, 0.5) is 10.5 Å². The number of carbonyl (C=O) groups excluding carboxylic acids is 1. The van der Waals surface area contributed by atoms with Gasteiger partial charge in [0.2, 0.25) is 0 Å². The number of benzene rings is 1. The van der Waals surface area contributed by atoms with E-state index < -0.39 is 6.03 Å². The van der Waals surface area contributed by atoms with Gasteiger partial charge in [0.25, 0.3) is 0 Å². The highest BCUT2D eigenvalue weighted by molar-refractivity contribution is 6.00. The van der Waals surface area contributed by atoms with Crippen molar-refractivity contribution in [2.45, 2.75) is 0 Å². The minimum absolute atomic E-state index is 0.0381.